The molecule has 0 amide bonds. The highest BCUT2D eigenvalue weighted by Crippen LogP contribution is 2.32. The normalized spacial score (nSPS) is 29.8. The van der Waals surface area contributed by atoms with Crippen molar-refractivity contribution in [3.63, 3.8) is 0 Å². The van der Waals surface area contributed by atoms with E-state index in [1.54, 1.807) is 6.08 Å². The van der Waals surface area contributed by atoms with Gasteiger partial charge in [0.25, 0.3) is 0 Å². The van der Waals surface area contributed by atoms with Gasteiger partial charge in [-0.2, -0.15) is 0 Å². The summed E-state index contributed by atoms with van der Waals surface area (Å²) in [5, 5.41) is 8.83. The average Bonchev–Trinajstić information content (AvgIpc) is 1.86. The van der Waals surface area contributed by atoms with Crippen molar-refractivity contribution in [2.45, 2.75) is 9.84 Å². The van der Waals surface area contributed by atoms with Gasteiger partial charge in [-0.3, -0.25) is 4.79 Å². The third kappa shape index (κ3) is 2.17. The summed E-state index contributed by atoms with van der Waals surface area (Å²) in [6.45, 7) is 0. The zero-order valence-corrected chi connectivity index (χ0v) is 9.87. The number of carboxylic acids is 1. The minimum atomic E-state index is -0.767. The quantitative estimate of drug-likeness (QED) is 0.565. The van der Waals surface area contributed by atoms with E-state index in [1.165, 1.54) is 0 Å². The zero-order valence-electron chi connectivity index (χ0n) is 5.55. The zero-order chi connectivity index (χ0) is 8.48. The minimum absolute atomic E-state index is 0.579. The third-order valence-corrected chi connectivity index (χ3v) is 3.30. The maximum absolute atomic E-state index is 10.7. The maximum Gasteiger partial charge on any atom is 0.323 e. The van der Waals surface area contributed by atoms with Crippen molar-refractivity contribution in [1.82, 2.24) is 0 Å². The van der Waals surface area contributed by atoms with Crippen LogP contribution in [0.1, 0.15) is 6.42 Å². The fraction of sp³-hybridized carbons (Fsp3) is 0.286. The van der Waals surface area contributed by atoms with E-state index < -0.39 is 9.39 Å². The van der Waals surface area contributed by atoms with Crippen molar-refractivity contribution >= 4 is 51.2 Å². The predicted octanol–water partition coefficient (Wildman–Crippen LogP) is 2.52. The smallest absolute Gasteiger partial charge is 0.323 e. The molecule has 1 aliphatic rings. The van der Waals surface area contributed by atoms with E-state index in [0.29, 0.717) is 6.42 Å². The molecule has 11 heavy (non-hydrogen) atoms. The first kappa shape index (κ1) is 9.50. The lowest BCUT2D eigenvalue weighted by Crippen LogP contribution is -2.29. The summed E-state index contributed by atoms with van der Waals surface area (Å²) in [4.78, 5) is 10.7. The van der Waals surface area contributed by atoms with Crippen molar-refractivity contribution in [3.05, 3.63) is 21.8 Å². The highest BCUT2D eigenvalue weighted by molar-refractivity contribution is 14.1. The van der Waals surface area contributed by atoms with Crippen LogP contribution in [0.5, 0.6) is 0 Å². The van der Waals surface area contributed by atoms with Gasteiger partial charge < -0.3 is 5.11 Å². The van der Waals surface area contributed by atoms with E-state index in [2.05, 4.69) is 22.6 Å². The standard InChI is InChI=1S/C7H6I2O2/c8-5-2-1-3-7(9,4-5)6(10)11/h1-2,4H,3H2,(H,10,11). The van der Waals surface area contributed by atoms with Gasteiger partial charge in [0.05, 0.1) is 0 Å². The van der Waals surface area contributed by atoms with E-state index in [1.807, 2.05) is 34.7 Å². The van der Waals surface area contributed by atoms with Crippen molar-refractivity contribution in [3.8, 4) is 0 Å². The fourth-order valence-corrected chi connectivity index (χ4v) is 2.79. The van der Waals surface area contributed by atoms with E-state index in [0.717, 1.165) is 3.58 Å². The third-order valence-electron chi connectivity index (χ3n) is 1.41. The Balaban J connectivity index is 2.92. The van der Waals surface area contributed by atoms with Gasteiger partial charge in [-0.25, -0.2) is 0 Å². The maximum atomic E-state index is 10.7. The van der Waals surface area contributed by atoms with Crippen molar-refractivity contribution < 1.29 is 9.90 Å². The van der Waals surface area contributed by atoms with Gasteiger partial charge in [0.1, 0.15) is 3.42 Å². The first-order valence-corrected chi connectivity index (χ1v) is 5.17. The average molecular weight is 376 g/mol. The first-order valence-electron chi connectivity index (χ1n) is 3.02. The largest absolute Gasteiger partial charge is 0.480 e. The van der Waals surface area contributed by atoms with E-state index in [-0.39, 0.29) is 0 Å². The van der Waals surface area contributed by atoms with Gasteiger partial charge in [-0.15, -0.1) is 0 Å². The lowest BCUT2D eigenvalue weighted by atomic mass is 10.0. The molecule has 1 unspecified atom stereocenters. The van der Waals surface area contributed by atoms with Gasteiger partial charge in [0.15, 0.2) is 0 Å². The summed E-state index contributed by atoms with van der Waals surface area (Å²) in [5.41, 5.74) is 0. The highest BCUT2D eigenvalue weighted by Gasteiger charge is 2.33. The van der Waals surface area contributed by atoms with E-state index in [4.69, 9.17) is 5.11 Å². The Morgan fingerprint density at radius 1 is 1.73 bits per heavy atom. The van der Waals surface area contributed by atoms with Crippen LogP contribution in [0.15, 0.2) is 21.8 Å². The molecule has 0 bridgehead atoms. The predicted molar refractivity (Wildman–Crippen MR) is 60.2 cm³/mol. The molecule has 1 rings (SSSR count). The number of hydrogen-bond acceptors (Lipinski definition) is 1. The SMILES string of the molecule is O=C(O)C1(I)C=C(I)C=CC1. The van der Waals surface area contributed by atoms with Crippen LogP contribution in [0.4, 0.5) is 0 Å². The number of halogens is 2. The number of aliphatic carboxylic acids is 1. The van der Waals surface area contributed by atoms with Crippen LogP contribution < -0.4 is 0 Å². The second kappa shape index (κ2) is 3.42. The molecule has 1 aliphatic carbocycles. The molecule has 1 N–H and O–H groups in total. The summed E-state index contributed by atoms with van der Waals surface area (Å²) in [6.07, 6.45) is 6.18. The Bertz CT molecular complexity index is 245. The molecule has 0 radical (unpaired) electrons. The number of rotatable bonds is 1. The number of carbonyl (C=O) groups is 1. The monoisotopic (exact) mass is 376 g/mol. The van der Waals surface area contributed by atoms with Gasteiger partial charge in [0.2, 0.25) is 0 Å². The summed E-state index contributed by atoms with van der Waals surface area (Å²) in [5.74, 6) is -0.767. The summed E-state index contributed by atoms with van der Waals surface area (Å²) in [7, 11) is 0. The van der Waals surface area contributed by atoms with Crippen molar-refractivity contribution in [2.75, 3.05) is 0 Å². The number of allylic oxidation sites excluding steroid dienone is 3. The fourth-order valence-electron chi connectivity index (χ4n) is 0.818. The lowest BCUT2D eigenvalue weighted by Gasteiger charge is -2.19. The molecule has 4 heteroatoms. The number of carboxylic acid groups (broad SMARTS) is 1. The molecule has 0 aromatic heterocycles. The van der Waals surface area contributed by atoms with Crippen molar-refractivity contribution in [2.24, 2.45) is 0 Å². The highest BCUT2D eigenvalue weighted by atomic mass is 127. The van der Waals surface area contributed by atoms with Gasteiger partial charge >= 0.3 is 5.97 Å². The Kier molecular flexibility index (Phi) is 2.96. The lowest BCUT2D eigenvalue weighted by molar-refractivity contribution is -0.137. The van der Waals surface area contributed by atoms with Gasteiger partial charge in [-0.1, -0.05) is 34.7 Å². The molecule has 0 aromatic rings. The van der Waals surface area contributed by atoms with Crippen LogP contribution >= 0.6 is 45.2 Å². The van der Waals surface area contributed by atoms with E-state index >= 15 is 0 Å². The van der Waals surface area contributed by atoms with Crippen LogP contribution in [0, 0.1) is 0 Å². The van der Waals surface area contributed by atoms with Gasteiger partial charge in [-0.05, 0) is 35.1 Å². The first-order chi connectivity index (χ1) is 5.04. The number of hydrogen-bond donors (Lipinski definition) is 1. The second-order valence-corrected chi connectivity index (χ2v) is 5.47. The number of alkyl halides is 1. The summed E-state index contributed by atoms with van der Waals surface area (Å²) >= 11 is 4.08. The molecular weight excluding hydrogens is 370 g/mol. The molecule has 1 atom stereocenters. The molecule has 0 heterocycles. The van der Waals surface area contributed by atoms with Crippen LogP contribution in [0.2, 0.25) is 0 Å². The van der Waals surface area contributed by atoms with Crippen LogP contribution in [-0.4, -0.2) is 14.5 Å². The molecule has 0 aliphatic heterocycles. The van der Waals surface area contributed by atoms with E-state index in [9.17, 15) is 4.79 Å². The molecule has 0 fully saturated rings. The molecule has 60 valence electrons. The Morgan fingerprint density at radius 3 is 2.73 bits per heavy atom. The summed E-state index contributed by atoms with van der Waals surface area (Å²) < 4.78 is 0.272. The van der Waals surface area contributed by atoms with Crippen LogP contribution in [-0.2, 0) is 4.79 Å². The Morgan fingerprint density at radius 2 is 2.36 bits per heavy atom. The Labute approximate surface area is 92.0 Å². The molecule has 0 saturated carbocycles. The second-order valence-electron chi connectivity index (χ2n) is 2.30. The molecule has 2 nitrogen and oxygen atoms in total. The molecule has 0 saturated heterocycles. The van der Waals surface area contributed by atoms with Crippen LogP contribution in [0.3, 0.4) is 0 Å². The molecule has 0 aromatic carbocycles. The van der Waals surface area contributed by atoms with Crippen LogP contribution in [0.25, 0.3) is 0 Å². The summed E-state index contributed by atoms with van der Waals surface area (Å²) in [6, 6.07) is 0. The molecule has 0 spiro atoms. The minimum Gasteiger partial charge on any atom is -0.480 e. The Hall–Kier alpha value is 0.410. The molecular formula is C7H6I2O2. The van der Waals surface area contributed by atoms with Crippen molar-refractivity contribution in [1.29, 1.82) is 0 Å². The topological polar surface area (TPSA) is 37.3 Å². The van der Waals surface area contributed by atoms with Gasteiger partial charge in [0, 0.05) is 3.58 Å².